The van der Waals surface area contributed by atoms with Crippen molar-refractivity contribution in [3.63, 3.8) is 0 Å². The molecule has 1 aliphatic heterocycles. The molecule has 1 saturated heterocycles. The molecule has 0 spiro atoms. The van der Waals surface area contributed by atoms with Crippen LogP contribution in [0.25, 0.3) is 0 Å². The van der Waals surface area contributed by atoms with Crippen molar-refractivity contribution in [2.45, 2.75) is 31.5 Å². The van der Waals surface area contributed by atoms with Crippen LogP contribution in [0.2, 0.25) is 0 Å². The van der Waals surface area contributed by atoms with E-state index in [0.29, 0.717) is 19.3 Å². The standard InChI is InChI=1S/C15H17F3N2O3/c1-19(11-6-4-5-10(9-11)15(16,17)18)14(23)20-8-3-2-7-12(20)13(21)22/h4-6,9,12H,2-3,7-8H2,1H3,(H,21,22). The van der Waals surface area contributed by atoms with Crippen LogP contribution < -0.4 is 4.90 Å². The molecule has 5 nitrogen and oxygen atoms in total. The summed E-state index contributed by atoms with van der Waals surface area (Å²) in [6, 6.07) is 2.83. The van der Waals surface area contributed by atoms with E-state index in [9.17, 15) is 27.9 Å². The number of nitrogens with zero attached hydrogens (tertiary/aromatic N) is 2. The molecule has 1 heterocycles. The molecule has 1 aliphatic rings. The number of carboxylic acids is 1. The number of rotatable bonds is 2. The number of carbonyl (C=O) groups is 2. The molecule has 126 valence electrons. The molecule has 1 fully saturated rings. The predicted molar refractivity (Wildman–Crippen MR) is 77.2 cm³/mol. The molecule has 1 aromatic rings. The maximum atomic E-state index is 12.8. The van der Waals surface area contributed by atoms with Gasteiger partial charge >= 0.3 is 18.2 Å². The maximum Gasteiger partial charge on any atom is 0.416 e. The average molecular weight is 330 g/mol. The number of hydrogen-bond acceptors (Lipinski definition) is 2. The normalized spacial score (nSPS) is 18.6. The Balaban J connectivity index is 2.23. The van der Waals surface area contributed by atoms with Gasteiger partial charge in [-0.05, 0) is 37.5 Å². The number of aliphatic carboxylic acids is 1. The number of likely N-dealkylation sites (tertiary alicyclic amines) is 1. The fourth-order valence-electron chi connectivity index (χ4n) is 2.61. The van der Waals surface area contributed by atoms with Gasteiger partial charge in [-0.25, -0.2) is 9.59 Å². The summed E-state index contributed by atoms with van der Waals surface area (Å²) in [6.45, 7) is 0.277. The molecule has 23 heavy (non-hydrogen) atoms. The zero-order valence-electron chi connectivity index (χ0n) is 12.5. The van der Waals surface area contributed by atoms with Gasteiger partial charge in [0.05, 0.1) is 5.56 Å². The monoisotopic (exact) mass is 330 g/mol. The van der Waals surface area contributed by atoms with E-state index >= 15 is 0 Å². The van der Waals surface area contributed by atoms with Crippen molar-refractivity contribution in [2.75, 3.05) is 18.5 Å². The Kier molecular flexibility index (Phi) is 4.82. The van der Waals surface area contributed by atoms with Crippen molar-refractivity contribution in [3.05, 3.63) is 29.8 Å². The molecule has 1 unspecified atom stereocenters. The van der Waals surface area contributed by atoms with Gasteiger partial charge in [0.2, 0.25) is 0 Å². The van der Waals surface area contributed by atoms with Crippen LogP contribution in [0, 0.1) is 0 Å². The first-order valence-electron chi connectivity index (χ1n) is 7.16. The smallest absolute Gasteiger partial charge is 0.416 e. The highest BCUT2D eigenvalue weighted by atomic mass is 19.4. The van der Waals surface area contributed by atoms with Crippen molar-refractivity contribution in [2.24, 2.45) is 0 Å². The van der Waals surface area contributed by atoms with E-state index in [1.54, 1.807) is 0 Å². The summed E-state index contributed by atoms with van der Waals surface area (Å²) in [4.78, 5) is 26.0. The summed E-state index contributed by atoms with van der Waals surface area (Å²) < 4.78 is 38.3. The first-order chi connectivity index (χ1) is 10.7. The lowest BCUT2D eigenvalue weighted by Crippen LogP contribution is -2.52. The van der Waals surface area contributed by atoms with Gasteiger partial charge in [0.1, 0.15) is 6.04 Å². The summed E-state index contributed by atoms with van der Waals surface area (Å²) in [7, 11) is 1.34. The molecule has 0 bridgehead atoms. The summed E-state index contributed by atoms with van der Waals surface area (Å²) in [5.41, 5.74) is -0.789. The Bertz CT molecular complexity index is 604. The number of amides is 2. The van der Waals surface area contributed by atoms with E-state index in [-0.39, 0.29) is 12.2 Å². The maximum absolute atomic E-state index is 12.8. The lowest BCUT2D eigenvalue weighted by atomic mass is 10.0. The fourth-order valence-corrected chi connectivity index (χ4v) is 2.61. The minimum atomic E-state index is -4.51. The highest BCUT2D eigenvalue weighted by Gasteiger charge is 2.35. The van der Waals surface area contributed by atoms with Gasteiger partial charge in [-0.15, -0.1) is 0 Å². The summed E-state index contributed by atoms with van der Waals surface area (Å²) in [6.07, 6.45) is -2.79. The first kappa shape index (κ1) is 17.1. The number of carbonyl (C=O) groups excluding carboxylic acids is 1. The van der Waals surface area contributed by atoms with Crippen LogP contribution in [0.1, 0.15) is 24.8 Å². The summed E-state index contributed by atoms with van der Waals surface area (Å²) in [5.74, 6) is -1.10. The molecule has 1 N–H and O–H groups in total. The largest absolute Gasteiger partial charge is 0.480 e. The predicted octanol–water partition coefficient (Wildman–Crippen LogP) is 3.20. The molecular weight excluding hydrogens is 313 g/mol. The van der Waals surface area contributed by atoms with E-state index in [2.05, 4.69) is 0 Å². The fraction of sp³-hybridized carbons (Fsp3) is 0.467. The molecule has 8 heteroatoms. The number of hydrogen-bond donors (Lipinski definition) is 1. The van der Waals surface area contributed by atoms with E-state index in [1.165, 1.54) is 24.1 Å². The van der Waals surface area contributed by atoms with Gasteiger partial charge in [-0.3, -0.25) is 4.90 Å². The Hall–Kier alpha value is -2.25. The van der Waals surface area contributed by atoms with Crippen LogP contribution in [-0.2, 0) is 11.0 Å². The molecule has 1 atom stereocenters. The van der Waals surface area contributed by atoms with Crippen molar-refractivity contribution in [1.29, 1.82) is 0 Å². The third-order valence-corrected chi connectivity index (χ3v) is 3.88. The number of piperidine rings is 1. The van der Waals surface area contributed by atoms with E-state index in [0.717, 1.165) is 17.0 Å². The first-order valence-corrected chi connectivity index (χ1v) is 7.16. The van der Waals surface area contributed by atoms with Crippen molar-refractivity contribution < 1.29 is 27.9 Å². The zero-order chi connectivity index (χ0) is 17.2. The number of anilines is 1. The van der Waals surface area contributed by atoms with Gasteiger partial charge in [-0.2, -0.15) is 13.2 Å². The minimum absolute atomic E-state index is 0.0690. The molecule has 0 aromatic heterocycles. The van der Waals surface area contributed by atoms with E-state index in [1.807, 2.05) is 0 Å². The Morgan fingerprint density at radius 3 is 2.61 bits per heavy atom. The van der Waals surface area contributed by atoms with Crippen LogP contribution in [0.3, 0.4) is 0 Å². The number of halogens is 3. The third kappa shape index (κ3) is 3.75. The van der Waals surface area contributed by atoms with Crippen LogP contribution >= 0.6 is 0 Å². The van der Waals surface area contributed by atoms with E-state index < -0.39 is 29.8 Å². The second kappa shape index (κ2) is 6.47. The van der Waals surface area contributed by atoms with Crippen molar-refractivity contribution >= 4 is 17.7 Å². The number of urea groups is 1. The van der Waals surface area contributed by atoms with Gasteiger partial charge in [0.25, 0.3) is 0 Å². The Morgan fingerprint density at radius 1 is 1.30 bits per heavy atom. The van der Waals surface area contributed by atoms with Crippen LogP contribution in [0.4, 0.5) is 23.7 Å². The minimum Gasteiger partial charge on any atom is -0.480 e. The second-order valence-corrected chi connectivity index (χ2v) is 5.43. The number of benzene rings is 1. The highest BCUT2D eigenvalue weighted by Crippen LogP contribution is 2.32. The molecule has 0 saturated carbocycles. The van der Waals surface area contributed by atoms with Gasteiger partial charge < -0.3 is 10.0 Å². The highest BCUT2D eigenvalue weighted by molar-refractivity contribution is 5.94. The number of carboxylic acid groups (broad SMARTS) is 1. The quantitative estimate of drug-likeness (QED) is 0.906. The van der Waals surface area contributed by atoms with Crippen LogP contribution in [0.15, 0.2) is 24.3 Å². The van der Waals surface area contributed by atoms with E-state index in [4.69, 9.17) is 0 Å². The molecule has 1 aromatic carbocycles. The average Bonchev–Trinajstić information content (AvgIpc) is 2.52. The lowest BCUT2D eigenvalue weighted by Gasteiger charge is -2.35. The van der Waals surface area contributed by atoms with Crippen LogP contribution in [-0.4, -0.2) is 41.6 Å². The topological polar surface area (TPSA) is 60.9 Å². The Labute approximate surface area is 131 Å². The van der Waals surface area contributed by atoms with Crippen molar-refractivity contribution in [3.8, 4) is 0 Å². The SMILES string of the molecule is CN(C(=O)N1CCCCC1C(=O)O)c1cccc(C(F)(F)F)c1. The van der Waals surface area contributed by atoms with Crippen LogP contribution in [0.5, 0.6) is 0 Å². The van der Waals surface area contributed by atoms with Gasteiger partial charge in [0.15, 0.2) is 0 Å². The second-order valence-electron chi connectivity index (χ2n) is 5.43. The molecule has 0 aliphatic carbocycles. The van der Waals surface area contributed by atoms with Gasteiger partial charge in [0, 0.05) is 19.3 Å². The lowest BCUT2D eigenvalue weighted by molar-refractivity contribution is -0.143. The third-order valence-electron chi connectivity index (χ3n) is 3.88. The summed E-state index contributed by atoms with van der Waals surface area (Å²) in [5, 5.41) is 9.20. The zero-order valence-corrected chi connectivity index (χ0v) is 12.5. The Morgan fingerprint density at radius 2 is 2.00 bits per heavy atom. The van der Waals surface area contributed by atoms with Crippen molar-refractivity contribution in [1.82, 2.24) is 4.90 Å². The summed E-state index contributed by atoms with van der Waals surface area (Å²) >= 11 is 0. The number of alkyl halides is 3. The molecular formula is C15H17F3N2O3. The van der Waals surface area contributed by atoms with Gasteiger partial charge in [-0.1, -0.05) is 6.07 Å². The molecule has 2 amide bonds. The molecule has 0 radical (unpaired) electrons. The molecule has 2 rings (SSSR count).